The molecule has 0 saturated heterocycles. The number of nitrogens with two attached hydrogens (primary N) is 1. The summed E-state index contributed by atoms with van der Waals surface area (Å²) in [6, 6.07) is 7.74. The molecule has 1 aromatic carbocycles. The molecule has 1 amide bonds. The predicted molar refractivity (Wildman–Crippen MR) is 92.2 cm³/mol. The van der Waals surface area contributed by atoms with Gasteiger partial charge in [-0.15, -0.1) is 12.4 Å². The molecule has 124 valence electrons. The van der Waals surface area contributed by atoms with E-state index >= 15 is 0 Å². The van der Waals surface area contributed by atoms with Crippen molar-refractivity contribution in [1.82, 2.24) is 4.90 Å². The standard InChI is InChI=1S/C17H26N2O2.ClH/c1-5-21-15-11-14(17(15,2)3)19(4)16(20)10-12-6-8-13(18)9-7-12;/h6-9,14-15H,5,10-11,18H2,1-4H3;1H. The van der Waals surface area contributed by atoms with E-state index in [-0.39, 0.29) is 35.9 Å². The second kappa shape index (κ2) is 7.34. The van der Waals surface area contributed by atoms with Crippen LogP contribution in [0.1, 0.15) is 32.8 Å². The topological polar surface area (TPSA) is 55.6 Å². The molecule has 1 saturated carbocycles. The molecule has 1 fully saturated rings. The van der Waals surface area contributed by atoms with Crippen LogP contribution >= 0.6 is 12.4 Å². The third-order valence-corrected chi connectivity index (χ3v) is 4.69. The number of rotatable bonds is 5. The Hall–Kier alpha value is -1.26. The van der Waals surface area contributed by atoms with E-state index in [4.69, 9.17) is 10.5 Å². The Morgan fingerprint density at radius 1 is 1.36 bits per heavy atom. The number of carbonyl (C=O) groups is 1. The van der Waals surface area contributed by atoms with E-state index in [0.717, 1.165) is 24.3 Å². The summed E-state index contributed by atoms with van der Waals surface area (Å²) in [6.45, 7) is 7.09. The molecule has 2 N–H and O–H groups in total. The highest BCUT2D eigenvalue weighted by Gasteiger charge is 2.51. The lowest BCUT2D eigenvalue weighted by Crippen LogP contribution is -2.62. The molecule has 0 bridgehead atoms. The Morgan fingerprint density at radius 2 is 1.95 bits per heavy atom. The number of likely N-dealkylation sites (N-methyl/N-ethyl adjacent to an activating group) is 1. The van der Waals surface area contributed by atoms with Crippen molar-refractivity contribution in [2.45, 2.75) is 45.8 Å². The fraction of sp³-hybridized carbons (Fsp3) is 0.588. The van der Waals surface area contributed by atoms with E-state index in [9.17, 15) is 4.79 Å². The Balaban J connectivity index is 0.00000242. The number of halogens is 1. The molecule has 0 radical (unpaired) electrons. The van der Waals surface area contributed by atoms with Gasteiger partial charge in [-0.3, -0.25) is 4.79 Å². The van der Waals surface area contributed by atoms with Crippen LogP contribution in [0, 0.1) is 5.41 Å². The Bertz CT molecular complexity index is 502. The fourth-order valence-corrected chi connectivity index (χ4v) is 3.11. The summed E-state index contributed by atoms with van der Waals surface area (Å²) >= 11 is 0. The van der Waals surface area contributed by atoms with Gasteiger partial charge in [0.1, 0.15) is 0 Å². The molecule has 0 aliphatic heterocycles. The average molecular weight is 327 g/mol. The van der Waals surface area contributed by atoms with Crippen LogP contribution in [0.4, 0.5) is 5.69 Å². The maximum atomic E-state index is 12.4. The molecule has 2 rings (SSSR count). The van der Waals surface area contributed by atoms with Crippen LogP contribution in [0.5, 0.6) is 0 Å². The Kier molecular flexibility index (Phi) is 6.27. The first kappa shape index (κ1) is 18.8. The first-order valence-electron chi connectivity index (χ1n) is 7.58. The monoisotopic (exact) mass is 326 g/mol. The summed E-state index contributed by atoms with van der Waals surface area (Å²) in [7, 11) is 1.90. The van der Waals surface area contributed by atoms with Crippen LogP contribution in [0.15, 0.2) is 24.3 Å². The largest absolute Gasteiger partial charge is 0.399 e. The van der Waals surface area contributed by atoms with Gasteiger partial charge in [0.15, 0.2) is 0 Å². The van der Waals surface area contributed by atoms with Gasteiger partial charge in [-0.2, -0.15) is 0 Å². The number of nitrogen functional groups attached to an aromatic ring is 1. The lowest BCUT2D eigenvalue weighted by Gasteiger charge is -2.54. The predicted octanol–water partition coefficient (Wildman–Crippen LogP) is 2.90. The van der Waals surface area contributed by atoms with Gasteiger partial charge in [-0.1, -0.05) is 26.0 Å². The minimum atomic E-state index is 0. The minimum Gasteiger partial charge on any atom is -0.399 e. The summed E-state index contributed by atoms with van der Waals surface area (Å²) < 4.78 is 5.73. The molecule has 2 unspecified atom stereocenters. The van der Waals surface area contributed by atoms with Crippen LogP contribution in [0.2, 0.25) is 0 Å². The number of ether oxygens (including phenoxy) is 1. The van der Waals surface area contributed by atoms with E-state index in [1.54, 1.807) is 0 Å². The first-order valence-corrected chi connectivity index (χ1v) is 7.58. The lowest BCUT2D eigenvalue weighted by molar-refractivity contribution is -0.162. The van der Waals surface area contributed by atoms with Crippen molar-refractivity contribution in [2.75, 3.05) is 19.4 Å². The summed E-state index contributed by atoms with van der Waals surface area (Å²) in [5.74, 6) is 0.146. The Labute approximate surface area is 139 Å². The lowest BCUT2D eigenvalue weighted by atomic mass is 9.63. The summed E-state index contributed by atoms with van der Waals surface area (Å²) in [6.07, 6.45) is 1.59. The Morgan fingerprint density at radius 3 is 2.45 bits per heavy atom. The van der Waals surface area contributed by atoms with E-state index in [1.807, 2.05) is 43.1 Å². The summed E-state index contributed by atoms with van der Waals surface area (Å²) in [4.78, 5) is 14.3. The first-order chi connectivity index (χ1) is 9.86. The van der Waals surface area contributed by atoms with Crippen molar-refractivity contribution in [2.24, 2.45) is 5.41 Å². The van der Waals surface area contributed by atoms with Crippen LogP contribution in [-0.2, 0) is 16.0 Å². The zero-order chi connectivity index (χ0) is 15.6. The van der Waals surface area contributed by atoms with Gasteiger partial charge in [0, 0.05) is 30.8 Å². The van der Waals surface area contributed by atoms with Gasteiger partial charge >= 0.3 is 0 Å². The van der Waals surface area contributed by atoms with Crippen molar-refractivity contribution in [3.05, 3.63) is 29.8 Å². The van der Waals surface area contributed by atoms with Crippen LogP contribution < -0.4 is 5.73 Å². The van der Waals surface area contributed by atoms with Crippen molar-refractivity contribution in [1.29, 1.82) is 0 Å². The van der Waals surface area contributed by atoms with E-state index in [2.05, 4.69) is 13.8 Å². The SMILES string of the molecule is CCOC1CC(N(C)C(=O)Cc2ccc(N)cc2)C1(C)C.Cl. The number of carbonyl (C=O) groups excluding carboxylic acids is 1. The quantitative estimate of drug-likeness (QED) is 0.846. The van der Waals surface area contributed by atoms with Gasteiger partial charge in [-0.05, 0) is 31.0 Å². The summed E-state index contributed by atoms with van der Waals surface area (Å²) in [5, 5.41) is 0. The van der Waals surface area contributed by atoms with Crippen molar-refractivity contribution < 1.29 is 9.53 Å². The maximum absolute atomic E-state index is 12.4. The normalized spacial score (nSPS) is 22.4. The highest BCUT2D eigenvalue weighted by molar-refractivity contribution is 5.85. The number of nitrogens with zero attached hydrogens (tertiary/aromatic N) is 1. The molecule has 1 aromatic rings. The average Bonchev–Trinajstić information content (AvgIpc) is 2.44. The third-order valence-electron chi connectivity index (χ3n) is 4.69. The molecular formula is C17H27ClN2O2. The maximum Gasteiger partial charge on any atom is 0.227 e. The minimum absolute atomic E-state index is 0. The van der Waals surface area contributed by atoms with Gasteiger partial charge < -0.3 is 15.4 Å². The van der Waals surface area contributed by atoms with Crippen molar-refractivity contribution in [3.63, 3.8) is 0 Å². The molecule has 5 heteroatoms. The third kappa shape index (κ3) is 3.73. The van der Waals surface area contributed by atoms with Crippen LogP contribution in [0.25, 0.3) is 0 Å². The molecule has 1 aliphatic carbocycles. The van der Waals surface area contributed by atoms with Gasteiger partial charge in [0.05, 0.1) is 12.5 Å². The zero-order valence-corrected chi connectivity index (χ0v) is 14.7. The summed E-state index contributed by atoms with van der Waals surface area (Å²) in [5.41, 5.74) is 7.40. The molecule has 4 nitrogen and oxygen atoms in total. The van der Waals surface area contributed by atoms with Crippen molar-refractivity contribution >= 4 is 24.0 Å². The molecule has 22 heavy (non-hydrogen) atoms. The molecular weight excluding hydrogens is 300 g/mol. The fourth-order valence-electron chi connectivity index (χ4n) is 3.11. The number of anilines is 1. The molecule has 1 aliphatic rings. The van der Waals surface area contributed by atoms with Crippen LogP contribution in [-0.4, -0.2) is 36.6 Å². The molecule has 0 aromatic heterocycles. The van der Waals surface area contributed by atoms with Gasteiger partial charge in [0.25, 0.3) is 0 Å². The highest BCUT2D eigenvalue weighted by atomic mass is 35.5. The number of hydrogen-bond donors (Lipinski definition) is 1. The van der Waals surface area contributed by atoms with E-state index in [1.165, 1.54) is 0 Å². The smallest absolute Gasteiger partial charge is 0.227 e. The number of hydrogen-bond acceptors (Lipinski definition) is 3. The van der Waals surface area contributed by atoms with E-state index in [0.29, 0.717) is 6.42 Å². The number of amides is 1. The highest BCUT2D eigenvalue weighted by Crippen LogP contribution is 2.45. The van der Waals surface area contributed by atoms with Gasteiger partial charge in [-0.25, -0.2) is 0 Å². The molecule has 2 atom stereocenters. The zero-order valence-electron chi connectivity index (χ0n) is 13.8. The van der Waals surface area contributed by atoms with Crippen LogP contribution in [0.3, 0.4) is 0 Å². The van der Waals surface area contributed by atoms with E-state index < -0.39 is 0 Å². The molecule has 0 heterocycles. The van der Waals surface area contributed by atoms with Crippen molar-refractivity contribution in [3.8, 4) is 0 Å². The number of benzene rings is 1. The van der Waals surface area contributed by atoms with Gasteiger partial charge in [0.2, 0.25) is 5.91 Å². The molecule has 0 spiro atoms. The second-order valence-corrected chi connectivity index (χ2v) is 6.44. The second-order valence-electron chi connectivity index (χ2n) is 6.44.